The lowest BCUT2D eigenvalue weighted by molar-refractivity contribution is -0.139. The van der Waals surface area contributed by atoms with E-state index in [-0.39, 0.29) is 24.4 Å². The minimum absolute atomic E-state index is 0.0472. The number of esters is 1. The molecule has 0 bridgehead atoms. The maximum absolute atomic E-state index is 13.3. The molecule has 0 fully saturated rings. The van der Waals surface area contributed by atoms with Gasteiger partial charge in [0.2, 0.25) is 0 Å². The van der Waals surface area contributed by atoms with Crippen LogP contribution in [0.15, 0.2) is 29.8 Å². The first-order chi connectivity index (χ1) is 8.69. The molecule has 1 rings (SSSR count). The summed E-state index contributed by atoms with van der Waals surface area (Å²) in [7, 11) is 1.47. The summed E-state index contributed by atoms with van der Waals surface area (Å²) in [5.41, 5.74) is -0.0889. The van der Waals surface area contributed by atoms with Crippen LogP contribution in [0.3, 0.4) is 0 Å². The zero-order valence-corrected chi connectivity index (χ0v) is 9.85. The van der Waals surface area contributed by atoms with E-state index in [2.05, 4.69) is 0 Å². The number of halogens is 1. The highest BCUT2D eigenvalue weighted by Crippen LogP contribution is 2.12. The van der Waals surface area contributed by atoms with E-state index in [9.17, 15) is 9.18 Å². The highest BCUT2D eigenvalue weighted by molar-refractivity contribution is 5.97. The third kappa shape index (κ3) is 4.00. The average molecular weight is 249 g/mol. The normalized spacial score (nSPS) is 10.8. The summed E-state index contributed by atoms with van der Waals surface area (Å²) in [6, 6.07) is 7.53. The van der Waals surface area contributed by atoms with Crippen molar-refractivity contribution >= 4 is 12.0 Å². The molecular formula is C13H12FNO3. The van der Waals surface area contributed by atoms with Crippen molar-refractivity contribution in [3.63, 3.8) is 0 Å². The van der Waals surface area contributed by atoms with Crippen molar-refractivity contribution in [3.8, 4) is 6.07 Å². The number of ether oxygens (including phenoxy) is 2. The molecule has 1 aromatic rings. The Kier molecular flexibility index (Phi) is 5.55. The highest BCUT2D eigenvalue weighted by atomic mass is 19.1. The largest absolute Gasteiger partial charge is 0.459 e. The summed E-state index contributed by atoms with van der Waals surface area (Å²) in [6.07, 6.45) is 1.16. The average Bonchev–Trinajstić information content (AvgIpc) is 2.38. The molecule has 0 saturated heterocycles. The Labute approximate surface area is 104 Å². The van der Waals surface area contributed by atoms with Gasteiger partial charge < -0.3 is 9.47 Å². The fourth-order valence-electron chi connectivity index (χ4n) is 1.18. The molecule has 0 amide bonds. The molecule has 0 aliphatic heterocycles. The Morgan fingerprint density at radius 2 is 2.17 bits per heavy atom. The zero-order valence-electron chi connectivity index (χ0n) is 9.85. The molecule has 94 valence electrons. The molecule has 0 aromatic heterocycles. The fraction of sp³-hybridized carbons (Fsp3) is 0.231. The van der Waals surface area contributed by atoms with Crippen molar-refractivity contribution < 1.29 is 18.7 Å². The number of nitrogens with zero attached hydrogens (tertiary/aromatic N) is 1. The van der Waals surface area contributed by atoms with E-state index in [1.165, 1.54) is 25.3 Å². The van der Waals surface area contributed by atoms with E-state index < -0.39 is 11.8 Å². The van der Waals surface area contributed by atoms with Crippen LogP contribution in [-0.2, 0) is 14.3 Å². The number of hydrogen-bond acceptors (Lipinski definition) is 4. The molecule has 0 aliphatic carbocycles. The van der Waals surface area contributed by atoms with Gasteiger partial charge in [0.15, 0.2) is 0 Å². The van der Waals surface area contributed by atoms with Crippen LogP contribution in [0.4, 0.5) is 4.39 Å². The number of methoxy groups -OCH3 is 1. The Morgan fingerprint density at radius 3 is 2.78 bits per heavy atom. The third-order valence-corrected chi connectivity index (χ3v) is 2.07. The summed E-state index contributed by atoms with van der Waals surface area (Å²) in [4.78, 5) is 11.5. The predicted molar refractivity (Wildman–Crippen MR) is 62.8 cm³/mol. The van der Waals surface area contributed by atoms with E-state index in [1.807, 2.05) is 0 Å². The Morgan fingerprint density at radius 1 is 1.44 bits per heavy atom. The second kappa shape index (κ2) is 7.20. The van der Waals surface area contributed by atoms with E-state index in [1.54, 1.807) is 12.1 Å². The number of benzene rings is 1. The minimum atomic E-state index is -0.794. The van der Waals surface area contributed by atoms with Crippen LogP contribution in [0.2, 0.25) is 0 Å². The zero-order chi connectivity index (χ0) is 13.4. The van der Waals surface area contributed by atoms with Gasteiger partial charge >= 0.3 is 5.97 Å². The van der Waals surface area contributed by atoms with Crippen LogP contribution in [0.5, 0.6) is 0 Å². The molecule has 0 N–H and O–H groups in total. The second-order valence-electron chi connectivity index (χ2n) is 3.32. The first-order valence-corrected chi connectivity index (χ1v) is 5.21. The van der Waals surface area contributed by atoms with Crippen molar-refractivity contribution in [2.24, 2.45) is 0 Å². The topological polar surface area (TPSA) is 59.3 Å². The number of carbonyl (C=O) groups excluding carboxylic acids is 1. The number of hydrogen-bond donors (Lipinski definition) is 0. The maximum Gasteiger partial charge on any atom is 0.348 e. The highest BCUT2D eigenvalue weighted by Gasteiger charge is 2.11. The van der Waals surface area contributed by atoms with Crippen LogP contribution >= 0.6 is 0 Å². The maximum atomic E-state index is 13.3. The first kappa shape index (κ1) is 13.9. The van der Waals surface area contributed by atoms with Crippen molar-refractivity contribution in [3.05, 3.63) is 41.2 Å². The lowest BCUT2D eigenvalue weighted by atomic mass is 10.1. The Bertz CT molecular complexity index is 491. The molecule has 0 saturated carbocycles. The molecule has 1 aromatic carbocycles. The summed E-state index contributed by atoms with van der Waals surface area (Å²) < 4.78 is 22.8. The monoisotopic (exact) mass is 249 g/mol. The molecule has 0 spiro atoms. The van der Waals surface area contributed by atoms with Gasteiger partial charge in [0.05, 0.1) is 6.61 Å². The van der Waals surface area contributed by atoms with Gasteiger partial charge in [0.25, 0.3) is 0 Å². The number of rotatable bonds is 5. The first-order valence-electron chi connectivity index (χ1n) is 5.21. The SMILES string of the molecule is COCCOC(=O)C(C#N)=Cc1ccccc1F. The quantitative estimate of drug-likeness (QED) is 0.346. The lowest BCUT2D eigenvalue weighted by Gasteiger charge is -2.03. The van der Waals surface area contributed by atoms with E-state index >= 15 is 0 Å². The summed E-state index contributed by atoms with van der Waals surface area (Å²) in [6.45, 7) is 0.287. The van der Waals surface area contributed by atoms with E-state index in [4.69, 9.17) is 14.7 Å². The summed E-state index contributed by atoms with van der Waals surface area (Å²) in [5.74, 6) is -1.30. The summed E-state index contributed by atoms with van der Waals surface area (Å²) in [5, 5.41) is 8.83. The van der Waals surface area contributed by atoms with Crippen molar-refractivity contribution in [2.75, 3.05) is 20.3 Å². The van der Waals surface area contributed by atoms with Crippen molar-refractivity contribution in [1.82, 2.24) is 0 Å². The molecule has 0 radical (unpaired) electrons. The van der Waals surface area contributed by atoms with Gasteiger partial charge in [-0.15, -0.1) is 0 Å². The summed E-state index contributed by atoms with van der Waals surface area (Å²) >= 11 is 0. The molecule has 0 unspecified atom stereocenters. The van der Waals surface area contributed by atoms with E-state index in [0.29, 0.717) is 0 Å². The molecule has 0 atom stereocenters. The van der Waals surface area contributed by atoms with Gasteiger partial charge in [-0.2, -0.15) is 5.26 Å². The molecular weight excluding hydrogens is 237 g/mol. The predicted octanol–water partition coefficient (Wildman–Crippen LogP) is 1.92. The van der Waals surface area contributed by atoms with Crippen molar-refractivity contribution in [2.45, 2.75) is 0 Å². The van der Waals surface area contributed by atoms with E-state index in [0.717, 1.165) is 6.08 Å². The molecule has 0 heterocycles. The van der Waals surface area contributed by atoms with Crippen LogP contribution in [0, 0.1) is 17.1 Å². The van der Waals surface area contributed by atoms with Crippen molar-refractivity contribution in [1.29, 1.82) is 5.26 Å². The molecule has 18 heavy (non-hydrogen) atoms. The number of carbonyl (C=O) groups is 1. The van der Waals surface area contributed by atoms with Gasteiger partial charge in [-0.3, -0.25) is 0 Å². The lowest BCUT2D eigenvalue weighted by Crippen LogP contribution is -2.11. The minimum Gasteiger partial charge on any atom is -0.459 e. The Balaban J connectivity index is 2.81. The van der Waals surface area contributed by atoms with Crippen LogP contribution in [0.1, 0.15) is 5.56 Å². The molecule has 4 nitrogen and oxygen atoms in total. The van der Waals surface area contributed by atoms with Crippen LogP contribution < -0.4 is 0 Å². The third-order valence-electron chi connectivity index (χ3n) is 2.07. The fourth-order valence-corrected chi connectivity index (χ4v) is 1.18. The van der Waals surface area contributed by atoms with Gasteiger partial charge in [-0.05, 0) is 12.1 Å². The Hall–Kier alpha value is -2.19. The smallest absolute Gasteiger partial charge is 0.348 e. The number of nitriles is 1. The standard InChI is InChI=1S/C13H12FNO3/c1-17-6-7-18-13(16)11(9-15)8-10-4-2-3-5-12(10)14/h2-5,8H,6-7H2,1H3. The van der Waals surface area contributed by atoms with Gasteiger partial charge in [-0.1, -0.05) is 18.2 Å². The van der Waals surface area contributed by atoms with Crippen LogP contribution in [-0.4, -0.2) is 26.3 Å². The van der Waals surface area contributed by atoms with Gasteiger partial charge in [-0.25, -0.2) is 9.18 Å². The molecule has 0 aliphatic rings. The molecule has 5 heteroatoms. The van der Waals surface area contributed by atoms with Crippen LogP contribution in [0.25, 0.3) is 6.08 Å². The van der Waals surface area contributed by atoms with Gasteiger partial charge in [0, 0.05) is 12.7 Å². The second-order valence-corrected chi connectivity index (χ2v) is 3.32. The van der Waals surface area contributed by atoms with Gasteiger partial charge in [0.1, 0.15) is 24.1 Å².